The Kier molecular flexibility index (Phi) is 13.5. The smallest absolute Gasteiger partial charge is 0.252 e. The summed E-state index contributed by atoms with van der Waals surface area (Å²) < 4.78 is 0. The van der Waals surface area contributed by atoms with Gasteiger partial charge in [0, 0.05) is 68.1 Å². The highest BCUT2D eigenvalue weighted by atomic mass is 15.2. The summed E-state index contributed by atoms with van der Waals surface area (Å²) in [6.45, 7) is 30.2. The molecule has 0 saturated heterocycles. The zero-order valence-corrected chi connectivity index (χ0v) is 50.3. The Hall–Kier alpha value is -8.54. The van der Waals surface area contributed by atoms with E-state index in [1.165, 1.54) is 66.7 Å². The lowest BCUT2D eigenvalue weighted by Crippen LogP contribution is -2.61. The van der Waals surface area contributed by atoms with E-state index >= 15 is 0 Å². The quantitative estimate of drug-likeness (QED) is 0.134. The summed E-state index contributed by atoms with van der Waals surface area (Å²) in [5.74, 6) is 0. The topological polar surface area (TPSA) is 13.0 Å². The summed E-state index contributed by atoms with van der Waals surface area (Å²) in [4.78, 5) is 10.0. The second-order valence-corrected chi connectivity index (χ2v) is 26.9. The Labute approximate surface area is 489 Å². The van der Waals surface area contributed by atoms with E-state index in [0.717, 1.165) is 56.9 Å². The number of para-hydroxylation sites is 4. The van der Waals surface area contributed by atoms with Crippen molar-refractivity contribution in [1.29, 1.82) is 0 Å². The van der Waals surface area contributed by atoms with Crippen molar-refractivity contribution >= 4 is 91.3 Å². The number of aryl methyl sites for hydroxylation is 1. The minimum absolute atomic E-state index is 0.00900. The van der Waals surface area contributed by atoms with E-state index in [1.54, 1.807) is 0 Å². The summed E-state index contributed by atoms with van der Waals surface area (Å²) in [5, 5.41) is 0. The van der Waals surface area contributed by atoms with E-state index < -0.39 is 0 Å². The van der Waals surface area contributed by atoms with Crippen molar-refractivity contribution < 1.29 is 0 Å². The van der Waals surface area contributed by atoms with Crippen molar-refractivity contribution in [1.82, 2.24) is 0 Å². The molecule has 10 aromatic carbocycles. The molecule has 82 heavy (non-hydrogen) atoms. The Morgan fingerprint density at radius 1 is 0.305 bits per heavy atom. The standard InChI is InChI=1S/C77H77BN4/c1-52-44-71-73-72(45-52)82(68-43-36-55(75(5,6)7)49-65(68)53-46-56(76(8,9)10)48-57(47-53)77(11,12)13)70-51-64(80(60-30-22-16-23-31-60)61-32-24-17-25-33-61)40-42-67(70)78(73)66-41-39-63(79(58-26-18-14-19-27-58)59-28-20-15-21-29-59)50-69(66)81(71)62-37-34-54(35-38-62)74(2,3)4/h14-51H,1-13H3. The molecular formula is C77H77BN4. The van der Waals surface area contributed by atoms with E-state index in [4.69, 9.17) is 0 Å². The average molecular weight is 1070 g/mol. The van der Waals surface area contributed by atoms with Gasteiger partial charge in [0.2, 0.25) is 0 Å². The molecule has 0 unspecified atom stereocenters. The number of hydrogen-bond acceptors (Lipinski definition) is 4. The van der Waals surface area contributed by atoms with Crippen molar-refractivity contribution in [2.45, 2.75) is 112 Å². The second kappa shape index (κ2) is 20.5. The molecule has 0 aliphatic carbocycles. The molecule has 408 valence electrons. The first-order valence-corrected chi connectivity index (χ1v) is 29.4. The molecule has 0 amide bonds. The molecule has 0 spiro atoms. The third kappa shape index (κ3) is 9.99. The van der Waals surface area contributed by atoms with Crippen LogP contribution in [0.1, 0.15) is 111 Å². The number of hydrogen-bond donors (Lipinski definition) is 0. The fourth-order valence-corrected chi connectivity index (χ4v) is 12.3. The van der Waals surface area contributed by atoms with Crippen LogP contribution >= 0.6 is 0 Å². The lowest BCUT2D eigenvalue weighted by Gasteiger charge is -2.45. The molecule has 0 bridgehead atoms. The van der Waals surface area contributed by atoms with Crippen molar-refractivity contribution in [3.63, 3.8) is 0 Å². The van der Waals surface area contributed by atoms with Crippen LogP contribution in [0.5, 0.6) is 0 Å². The van der Waals surface area contributed by atoms with Crippen LogP contribution in [0, 0.1) is 6.92 Å². The van der Waals surface area contributed by atoms with Crippen LogP contribution in [0.25, 0.3) is 11.1 Å². The number of fused-ring (bicyclic) bond motifs is 4. The molecule has 10 aromatic rings. The highest BCUT2D eigenvalue weighted by molar-refractivity contribution is 7.00. The van der Waals surface area contributed by atoms with Crippen LogP contribution in [-0.4, -0.2) is 6.71 Å². The van der Waals surface area contributed by atoms with Gasteiger partial charge in [-0.25, -0.2) is 0 Å². The molecule has 2 aliphatic heterocycles. The predicted octanol–water partition coefficient (Wildman–Crippen LogP) is 19.9. The summed E-state index contributed by atoms with van der Waals surface area (Å²) in [5.41, 5.74) is 26.0. The second-order valence-electron chi connectivity index (χ2n) is 26.9. The van der Waals surface area contributed by atoms with Gasteiger partial charge in [-0.2, -0.15) is 0 Å². The van der Waals surface area contributed by atoms with Gasteiger partial charge in [0.15, 0.2) is 0 Å². The van der Waals surface area contributed by atoms with Crippen LogP contribution < -0.4 is 36.0 Å². The van der Waals surface area contributed by atoms with Gasteiger partial charge in [0.25, 0.3) is 6.71 Å². The van der Waals surface area contributed by atoms with Gasteiger partial charge in [0.1, 0.15) is 0 Å². The van der Waals surface area contributed by atoms with Gasteiger partial charge >= 0.3 is 0 Å². The van der Waals surface area contributed by atoms with Crippen LogP contribution in [0.2, 0.25) is 0 Å². The normalized spacial score (nSPS) is 13.1. The lowest BCUT2D eigenvalue weighted by atomic mass is 9.33. The molecule has 0 atom stereocenters. The molecule has 12 rings (SSSR count). The van der Waals surface area contributed by atoms with E-state index in [0.29, 0.717) is 0 Å². The van der Waals surface area contributed by atoms with Gasteiger partial charge in [-0.15, -0.1) is 0 Å². The molecule has 2 aliphatic rings. The van der Waals surface area contributed by atoms with Crippen molar-refractivity contribution in [2.24, 2.45) is 0 Å². The molecule has 0 aromatic heterocycles. The zero-order valence-electron chi connectivity index (χ0n) is 50.3. The maximum atomic E-state index is 2.64. The Morgan fingerprint density at radius 3 is 1.11 bits per heavy atom. The summed E-state index contributed by atoms with van der Waals surface area (Å²) in [6, 6.07) is 86.8. The minimum Gasteiger partial charge on any atom is -0.311 e. The van der Waals surface area contributed by atoms with Gasteiger partial charge in [-0.1, -0.05) is 204 Å². The third-order valence-corrected chi connectivity index (χ3v) is 16.8. The van der Waals surface area contributed by atoms with E-state index in [9.17, 15) is 0 Å². The minimum atomic E-state index is -0.113. The fourth-order valence-electron chi connectivity index (χ4n) is 12.3. The molecule has 4 nitrogen and oxygen atoms in total. The van der Waals surface area contributed by atoms with Gasteiger partial charge in [0.05, 0.1) is 5.69 Å². The molecule has 0 N–H and O–H groups in total. The van der Waals surface area contributed by atoms with Crippen molar-refractivity contribution in [3.8, 4) is 11.1 Å². The van der Waals surface area contributed by atoms with Crippen LogP contribution in [0.3, 0.4) is 0 Å². The molecule has 2 heterocycles. The third-order valence-electron chi connectivity index (χ3n) is 16.8. The van der Waals surface area contributed by atoms with Crippen molar-refractivity contribution in [2.75, 3.05) is 19.6 Å². The Balaban J connectivity index is 1.19. The maximum absolute atomic E-state index is 2.64. The molecule has 0 saturated carbocycles. The highest BCUT2D eigenvalue weighted by Crippen LogP contribution is 2.51. The number of benzene rings is 10. The van der Waals surface area contributed by atoms with Gasteiger partial charge < -0.3 is 19.6 Å². The highest BCUT2D eigenvalue weighted by Gasteiger charge is 2.45. The Bertz CT molecular complexity index is 3860. The average Bonchev–Trinajstić information content (AvgIpc) is 3.44. The van der Waals surface area contributed by atoms with Crippen LogP contribution in [-0.2, 0) is 21.7 Å². The van der Waals surface area contributed by atoms with Gasteiger partial charge in [-0.3, -0.25) is 0 Å². The van der Waals surface area contributed by atoms with Crippen molar-refractivity contribution in [3.05, 3.63) is 258 Å². The van der Waals surface area contributed by atoms with E-state index in [1.807, 2.05) is 0 Å². The number of nitrogens with zero attached hydrogens (tertiary/aromatic N) is 4. The largest absolute Gasteiger partial charge is 0.311 e. The summed E-state index contributed by atoms with van der Waals surface area (Å²) in [6.07, 6.45) is 0. The molecule has 5 heteroatoms. The zero-order chi connectivity index (χ0) is 57.5. The van der Waals surface area contributed by atoms with Crippen LogP contribution in [0.4, 0.5) is 68.2 Å². The van der Waals surface area contributed by atoms with Crippen LogP contribution in [0.15, 0.2) is 231 Å². The predicted molar refractivity (Wildman–Crippen MR) is 355 cm³/mol. The summed E-state index contributed by atoms with van der Waals surface area (Å²) in [7, 11) is 0. The fraction of sp³-hybridized carbons (Fsp3) is 0.221. The monoisotopic (exact) mass is 1070 g/mol. The lowest BCUT2D eigenvalue weighted by molar-refractivity contribution is 0.569. The number of rotatable bonds is 9. The first-order chi connectivity index (χ1) is 39.1. The number of anilines is 12. The molecule has 0 radical (unpaired) electrons. The maximum Gasteiger partial charge on any atom is 0.252 e. The van der Waals surface area contributed by atoms with E-state index in [-0.39, 0.29) is 28.4 Å². The van der Waals surface area contributed by atoms with Gasteiger partial charge in [-0.05, 0) is 188 Å². The first kappa shape index (κ1) is 54.1. The van der Waals surface area contributed by atoms with E-state index in [2.05, 4.69) is 340 Å². The Morgan fingerprint density at radius 2 is 0.695 bits per heavy atom. The summed E-state index contributed by atoms with van der Waals surface area (Å²) >= 11 is 0. The molecular weight excluding hydrogens is 992 g/mol. The molecule has 0 fully saturated rings. The first-order valence-electron chi connectivity index (χ1n) is 29.4. The SMILES string of the molecule is Cc1cc2c3c(c1)N(c1ccc(C(C)(C)C)cc1-c1cc(C(C)(C)C)cc(C(C)(C)C)c1)c1cc(N(c4ccccc4)c4ccccc4)ccc1B3c1ccc(N(c3ccccc3)c3ccccc3)cc1N2c1ccc(C(C)(C)C)cc1.